The second kappa shape index (κ2) is 8.69. The highest BCUT2D eigenvalue weighted by Gasteiger charge is 2.26. The molecule has 0 atom stereocenters. The third-order valence-corrected chi connectivity index (χ3v) is 5.18. The molecule has 1 fully saturated rings. The number of hydrogen-bond acceptors (Lipinski definition) is 2. The Bertz CT molecular complexity index is 855. The van der Waals surface area contributed by atoms with Crippen LogP contribution in [-0.2, 0) is 4.79 Å². The molecule has 0 radical (unpaired) electrons. The number of nitrogens with one attached hydrogen (secondary N) is 2. The smallest absolute Gasteiger partial charge is 0.279 e. The molecule has 0 aromatic heterocycles. The van der Waals surface area contributed by atoms with Crippen LogP contribution in [0.4, 0.5) is 10.1 Å². The number of rotatable bonds is 4. The number of amides is 2. The van der Waals surface area contributed by atoms with Crippen LogP contribution in [0.5, 0.6) is 0 Å². The number of quaternary nitrogens is 1. The predicted molar refractivity (Wildman–Crippen MR) is 103 cm³/mol. The number of piperazine rings is 1. The highest BCUT2D eigenvalue weighted by atomic mass is 35.5. The molecule has 142 valence electrons. The Morgan fingerprint density at radius 2 is 1.81 bits per heavy atom. The molecule has 0 unspecified atom stereocenters. The number of carbonyl (C=O) groups is 2. The zero-order valence-electron chi connectivity index (χ0n) is 14.5. The van der Waals surface area contributed by atoms with Crippen LogP contribution >= 0.6 is 23.2 Å². The van der Waals surface area contributed by atoms with Gasteiger partial charge in [-0.15, -0.1) is 0 Å². The summed E-state index contributed by atoms with van der Waals surface area (Å²) in [6.07, 6.45) is 0. The second-order valence-corrected chi connectivity index (χ2v) is 7.22. The van der Waals surface area contributed by atoms with E-state index in [9.17, 15) is 14.0 Å². The zero-order valence-corrected chi connectivity index (χ0v) is 16.0. The van der Waals surface area contributed by atoms with Crippen molar-refractivity contribution in [3.05, 3.63) is 63.9 Å². The second-order valence-electron chi connectivity index (χ2n) is 6.41. The van der Waals surface area contributed by atoms with E-state index in [0.29, 0.717) is 47.5 Å². The molecule has 27 heavy (non-hydrogen) atoms. The average Bonchev–Trinajstić information content (AvgIpc) is 2.64. The minimum Gasteiger partial charge on any atom is -0.327 e. The van der Waals surface area contributed by atoms with E-state index in [1.54, 1.807) is 35.2 Å². The number of nitrogens with zero attached hydrogens (tertiary/aromatic N) is 1. The third kappa shape index (κ3) is 5.19. The maximum Gasteiger partial charge on any atom is 0.279 e. The lowest BCUT2D eigenvalue weighted by molar-refractivity contribution is -0.895. The van der Waals surface area contributed by atoms with Crippen LogP contribution in [0.25, 0.3) is 0 Å². The summed E-state index contributed by atoms with van der Waals surface area (Å²) in [5, 5.41) is 3.45. The molecule has 8 heteroatoms. The first-order chi connectivity index (χ1) is 12.9. The van der Waals surface area contributed by atoms with Crippen molar-refractivity contribution in [1.82, 2.24) is 4.90 Å². The van der Waals surface area contributed by atoms with Crippen molar-refractivity contribution < 1.29 is 18.9 Å². The molecule has 1 aliphatic rings. The summed E-state index contributed by atoms with van der Waals surface area (Å²) in [5.74, 6) is -0.675. The van der Waals surface area contributed by atoms with Gasteiger partial charge in [0.25, 0.3) is 11.8 Å². The SMILES string of the molecule is O=C(C[NH+]1CCN(C(=O)c2ccc(Cl)c(Cl)c2)CC1)Nc1cccc(F)c1. The Kier molecular flexibility index (Phi) is 6.31. The van der Waals surface area contributed by atoms with E-state index < -0.39 is 5.82 Å². The lowest BCUT2D eigenvalue weighted by atomic mass is 10.2. The lowest BCUT2D eigenvalue weighted by Crippen LogP contribution is -3.15. The number of halogens is 3. The summed E-state index contributed by atoms with van der Waals surface area (Å²) in [7, 11) is 0. The average molecular weight is 411 g/mol. The highest BCUT2D eigenvalue weighted by molar-refractivity contribution is 6.42. The maximum atomic E-state index is 13.2. The van der Waals surface area contributed by atoms with Crippen LogP contribution < -0.4 is 10.2 Å². The van der Waals surface area contributed by atoms with Gasteiger partial charge in [0, 0.05) is 11.3 Å². The van der Waals surface area contributed by atoms with Gasteiger partial charge in [0.2, 0.25) is 0 Å². The Labute approximate surface area is 166 Å². The maximum absolute atomic E-state index is 13.2. The molecule has 3 rings (SSSR count). The minimum atomic E-state index is -0.394. The van der Waals surface area contributed by atoms with E-state index in [2.05, 4.69) is 5.32 Å². The van der Waals surface area contributed by atoms with Crippen LogP contribution in [0.2, 0.25) is 10.0 Å². The fourth-order valence-corrected chi connectivity index (χ4v) is 3.31. The van der Waals surface area contributed by atoms with Crippen LogP contribution in [0.15, 0.2) is 42.5 Å². The van der Waals surface area contributed by atoms with Gasteiger partial charge in [-0.1, -0.05) is 29.3 Å². The molecular weight excluding hydrogens is 392 g/mol. The fraction of sp³-hybridized carbons (Fsp3) is 0.263. The van der Waals surface area contributed by atoms with Gasteiger partial charge < -0.3 is 15.1 Å². The van der Waals surface area contributed by atoms with Crippen LogP contribution in [0.1, 0.15) is 10.4 Å². The van der Waals surface area contributed by atoms with E-state index >= 15 is 0 Å². The van der Waals surface area contributed by atoms with Gasteiger partial charge in [0.1, 0.15) is 5.82 Å². The van der Waals surface area contributed by atoms with Crippen molar-refractivity contribution >= 4 is 40.7 Å². The van der Waals surface area contributed by atoms with Gasteiger partial charge in [0.05, 0.1) is 36.2 Å². The normalized spacial score (nSPS) is 14.9. The summed E-state index contributed by atoms with van der Waals surface area (Å²) < 4.78 is 13.2. The predicted octanol–water partition coefficient (Wildman–Crippen LogP) is 2.11. The molecule has 2 aromatic rings. The van der Waals surface area contributed by atoms with E-state index in [-0.39, 0.29) is 18.4 Å². The van der Waals surface area contributed by atoms with E-state index in [1.165, 1.54) is 12.1 Å². The van der Waals surface area contributed by atoms with Crippen molar-refractivity contribution in [2.45, 2.75) is 0 Å². The molecule has 0 spiro atoms. The molecule has 2 N–H and O–H groups in total. The van der Waals surface area contributed by atoms with Gasteiger partial charge >= 0.3 is 0 Å². The van der Waals surface area contributed by atoms with Crippen LogP contribution in [0.3, 0.4) is 0 Å². The first-order valence-corrected chi connectivity index (χ1v) is 9.31. The van der Waals surface area contributed by atoms with Gasteiger partial charge in [-0.3, -0.25) is 9.59 Å². The summed E-state index contributed by atoms with van der Waals surface area (Å²) >= 11 is 11.9. The largest absolute Gasteiger partial charge is 0.327 e. The fourth-order valence-electron chi connectivity index (χ4n) is 3.01. The molecule has 0 saturated carbocycles. The number of hydrogen-bond donors (Lipinski definition) is 2. The van der Waals surface area contributed by atoms with Crippen LogP contribution in [0, 0.1) is 5.82 Å². The molecule has 0 aliphatic carbocycles. The van der Waals surface area contributed by atoms with Crippen LogP contribution in [-0.4, -0.2) is 49.4 Å². The summed E-state index contributed by atoms with van der Waals surface area (Å²) in [6, 6.07) is 10.6. The van der Waals surface area contributed by atoms with E-state index in [1.807, 2.05) is 0 Å². The minimum absolute atomic E-state index is 0.100. The van der Waals surface area contributed by atoms with Gasteiger partial charge in [-0.2, -0.15) is 0 Å². The molecular formula is C19H19Cl2FN3O2+. The monoisotopic (exact) mass is 410 g/mol. The Morgan fingerprint density at radius 3 is 2.48 bits per heavy atom. The van der Waals surface area contributed by atoms with Gasteiger partial charge in [-0.05, 0) is 36.4 Å². The standard InChI is InChI=1S/C19H18Cl2FN3O2/c20-16-5-4-13(10-17(16)21)19(27)25-8-6-24(7-9-25)12-18(26)23-15-3-1-2-14(22)11-15/h1-5,10-11H,6-9,12H2,(H,23,26)/p+1. The molecule has 1 aliphatic heterocycles. The molecule has 1 heterocycles. The molecule has 1 saturated heterocycles. The number of anilines is 1. The van der Waals surface area contributed by atoms with Gasteiger partial charge in [0.15, 0.2) is 6.54 Å². The van der Waals surface area contributed by atoms with Crippen molar-refractivity contribution in [2.24, 2.45) is 0 Å². The summed E-state index contributed by atoms with van der Waals surface area (Å²) in [4.78, 5) is 27.5. The lowest BCUT2D eigenvalue weighted by Gasteiger charge is -2.32. The van der Waals surface area contributed by atoms with Crippen molar-refractivity contribution in [1.29, 1.82) is 0 Å². The topological polar surface area (TPSA) is 53.9 Å². The molecule has 5 nitrogen and oxygen atoms in total. The molecule has 2 amide bonds. The zero-order chi connectivity index (χ0) is 19.4. The Morgan fingerprint density at radius 1 is 1.07 bits per heavy atom. The van der Waals surface area contributed by atoms with Crippen molar-refractivity contribution in [2.75, 3.05) is 38.0 Å². The van der Waals surface area contributed by atoms with Crippen molar-refractivity contribution in [3.63, 3.8) is 0 Å². The van der Waals surface area contributed by atoms with E-state index in [4.69, 9.17) is 23.2 Å². The van der Waals surface area contributed by atoms with Gasteiger partial charge in [-0.25, -0.2) is 4.39 Å². The summed E-state index contributed by atoms with van der Waals surface area (Å²) in [5.41, 5.74) is 0.935. The first kappa shape index (κ1) is 19.6. The highest BCUT2D eigenvalue weighted by Crippen LogP contribution is 2.23. The van der Waals surface area contributed by atoms with E-state index in [0.717, 1.165) is 4.90 Å². The number of benzene rings is 2. The van der Waals surface area contributed by atoms with Crippen molar-refractivity contribution in [3.8, 4) is 0 Å². The number of carbonyl (C=O) groups excluding carboxylic acids is 2. The molecule has 0 bridgehead atoms. The quantitative estimate of drug-likeness (QED) is 0.810. The third-order valence-electron chi connectivity index (χ3n) is 4.44. The Hall–Kier alpha value is -2.15. The first-order valence-electron chi connectivity index (χ1n) is 8.55. The summed E-state index contributed by atoms with van der Waals surface area (Å²) in [6.45, 7) is 2.67. The Balaban J connectivity index is 1.50. The molecule has 2 aromatic carbocycles.